The lowest BCUT2D eigenvalue weighted by Crippen LogP contribution is -2.36. The Labute approximate surface area is 207 Å². The molecule has 4 rings (SSSR count). The van der Waals surface area contributed by atoms with Crippen LogP contribution in [0.15, 0.2) is 70.7 Å². The van der Waals surface area contributed by atoms with Gasteiger partial charge in [0.25, 0.3) is 0 Å². The quantitative estimate of drug-likeness (QED) is 0.419. The van der Waals surface area contributed by atoms with Crippen LogP contribution in [0.1, 0.15) is 78.1 Å². The molecule has 0 saturated heterocycles. The van der Waals surface area contributed by atoms with Crippen molar-refractivity contribution in [1.29, 1.82) is 4.78 Å². The Balaban J connectivity index is 1.40. The predicted molar refractivity (Wildman–Crippen MR) is 142 cm³/mol. The summed E-state index contributed by atoms with van der Waals surface area (Å²) in [6.45, 7) is 9.14. The molecule has 0 amide bonds. The molecule has 0 radical (unpaired) electrons. The maximum absolute atomic E-state index is 12.9. The van der Waals surface area contributed by atoms with Crippen molar-refractivity contribution >= 4 is 9.73 Å². The predicted octanol–water partition coefficient (Wildman–Crippen LogP) is 7.68. The first-order chi connectivity index (χ1) is 16.2. The SMILES string of the molecule is C=C1CCC(O)C/C1=C/C=C1\CCCC2(C)C1CCC2C(C)CCCS(=N)(=O)c1ccccc1. The van der Waals surface area contributed by atoms with Crippen molar-refractivity contribution in [3.8, 4) is 0 Å². The molecule has 0 spiro atoms. The Morgan fingerprint density at radius 1 is 1.21 bits per heavy atom. The number of aliphatic hydroxyl groups excluding tert-OH is 1. The van der Waals surface area contributed by atoms with Crippen LogP contribution in [0.2, 0.25) is 0 Å². The number of fused-ring (bicyclic) bond motifs is 1. The minimum absolute atomic E-state index is 0.219. The van der Waals surface area contributed by atoms with E-state index in [0.717, 1.165) is 32.1 Å². The van der Waals surface area contributed by atoms with Crippen LogP contribution in [0.3, 0.4) is 0 Å². The van der Waals surface area contributed by atoms with Crippen LogP contribution in [0.25, 0.3) is 0 Å². The van der Waals surface area contributed by atoms with Crippen LogP contribution in [0.5, 0.6) is 0 Å². The lowest BCUT2D eigenvalue weighted by atomic mass is 9.61. The molecular weight excluding hydrogens is 438 g/mol. The van der Waals surface area contributed by atoms with Gasteiger partial charge in [0.2, 0.25) is 0 Å². The number of benzene rings is 1. The summed E-state index contributed by atoms with van der Waals surface area (Å²) in [6, 6.07) is 9.33. The van der Waals surface area contributed by atoms with Crippen LogP contribution in [0, 0.1) is 27.9 Å². The van der Waals surface area contributed by atoms with Crippen LogP contribution in [-0.4, -0.2) is 21.2 Å². The van der Waals surface area contributed by atoms with Gasteiger partial charge in [-0.05, 0) is 105 Å². The van der Waals surface area contributed by atoms with Crippen molar-refractivity contribution in [2.24, 2.45) is 23.2 Å². The first kappa shape index (κ1) is 25.4. The second-order valence-electron chi connectivity index (χ2n) is 11.3. The molecule has 4 heteroatoms. The molecule has 3 nitrogen and oxygen atoms in total. The van der Waals surface area contributed by atoms with Gasteiger partial charge in [-0.15, -0.1) is 0 Å². The van der Waals surface area contributed by atoms with E-state index in [-0.39, 0.29) is 6.10 Å². The average Bonchev–Trinajstić information content (AvgIpc) is 3.17. The summed E-state index contributed by atoms with van der Waals surface area (Å²) in [5, 5.41) is 10.1. The van der Waals surface area contributed by atoms with E-state index in [2.05, 4.69) is 32.6 Å². The Bertz CT molecular complexity index is 1040. The van der Waals surface area contributed by atoms with E-state index < -0.39 is 9.73 Å². The molecule has 3 fully saturated rings. The summed E-state index contributed by atoms with van der Waals surface area (Å²) in [5.41, 5.74) is 4.37. The first-order valence-electron chi connectivity index (χ1n) is 13.3. The van der Waals surface area contributed by atoms with Crippen molar-refractivity contribution in [3.63, 3.8) is 0 Å². The highest BCUT2D eigenvalue weighted by Crippen LogP contribution is 2.59. The standard InChI is InChI=1S/C30H43NO2S/c1-22-13-16-26(32)21-25(22)15-14-24-10-7-19-30(3)28(17-18-29(24)30)23(2)9-8-20-34(31,33)27-11-5-4-6-12-27/h4-6,11-12,14-15,23,26,28-29,31-32H,1,7-10,13,16-21H2,2-3H3/b24-14+,25-15-. The second-order valence-corrected chi connectivity index (χ2v) is 13.6. The zero-order valence-corrected chi connectivity index (χ0v) is 21.9. The Morgan fingerprint density at radius 3 is 2.74 bits per heavy atom. The lowest BCUT2D eigenvalue weighted by Gasteiger charge is -2.44. The van der Waals surface area contributed by atoms with E-state index in [1.807, 2.05) is 30.3 Å². The van der Waals surface area contributed by atoms with Crippen LogP contribution < -0.4 is 0 Å². The van der Waals surface area contributed by atoms with E-state index in [9.17, 15) is 9.32 Å². The fourth-order valence-electron chi connectivity index (χ4n) is 7.18. The topological polar surface area (TPSA) is 61.1 Å². The third-order valence-electron chi connectivity index (χ3n) is 9.13. The summed E-state index contributed by atoms with van der Waals surface area (Å²) in [5.74, 6) is 2.39. The molecule has 6 atom stereocenters. The molecule has 1 aromatic carbocycles. The lowest BCUT2D eigenvalue weighted by molar-refractivity contribution is 0.0941. The van der Waals surface area contributed by atoms with Crippen molar-refractivity contribution in [2.45, 2.75) is 89.1 Å². The first-order valence-corrected chi connectivity index (χ1v) is 15.0. The van der Waals surface area contributed by atoms with Gasteiger partial charge in [-0.1, -0.05) is 61.9 Å². The van der Waals surface area contributed by atoms with Gasteiger partial charge in [-0.2, -0.15) is 0 Å². The molecule has 186 valence electrons. The molecule has 0 heterocycles. The molecule has 2 N–H and O–H groups in total. The molecule has 34 heavy (non-hydrogen) atoms. The zero-order chi connectivity index (χ0) is 24.3. The minimum Gasteiger partial charge on any atom is -0.393 e. The summed E-state index contributed by atoms with van der Waals surface area (Å²) >= 11 is 0. The maximum Gasteiger partial charge on any atom is 0.0726 e. The highest BCUT2D eigenvalue weighted by molar-refractivity contribution is 7.92. The average molecular weight is 482 g/mol. The van der Waals surface area contributed by atoms with E-state index >= 15 is 0 Å². The number of hydrogen-bond acceptors (Lipinski definition) is 3. The second kappa shape index (κ2) is 10.5. The molecule has 3 aliphatic rings. The van der Waals surface area contributed by atoms with Gasteiger partial charge >= 0.3 is 0 Å². The van der Waals surface area contributed by atoms with Gasteiger partial charge in [-0.25, -0.2) is 8.99 Å². The van der Waals surface area contributed by atoms with Gasteiger partial charge in [0.05, 0.1) is 15.8 Å². The van der Waals surface area contributed by atoms with Gasteiger partial charge < -0.3 is 5.11 Å². The normalized spacial score (nSPS) is 34.7. The summed E-state index contributed by atoms with van der Waals surface area (Å²) in [6.07, 6.45) is 15.1. The van der Waals surface area contributed by atoms with E-state index in [1.54, 1.807) is 5.57 Å². The van der Waals surface area contributed by atoms with Crippen molar-refractivity contribution in [2.75, 3.05) is 5.75 Å². The summed E-state index contributed by atoms with van der Waals surface area (Å²) < 4.78 is 21.3. The molecule has 3 aliphatic carbocycles. The van der Waals surface area contributed by atoms with Gasteiger partial charge in [0.1, 0.15) is 0 Å². The van der Waals surface area contributed by atoms with Crippen molar-refractivity contribution < 1.29 is 9.32 Å². The molecule has 1 aromatic rings. The van der Waals surface area contributed by atoms with Crippen LogP contribution in [0.4, 0.5) is 0 Å². The number of aliphatic hydroxyl groups is 1. The number of nitrogens with one attached hydrogen (secondary N) is 1. The molecule has 0 bridgehead atoms. The fourth-order valence-corrected chi connectivity index (χ4v) is 8.58. The highest BCUT2D eigenvalue weighted by atomic mass is 32.2. The Kier molecular flexibility index (Phi) is 7.89. The molecule has 0 aromatic heterocycles. The highest BCUT2D eigenvalue weighted by Gasteiger charge is 2.50. The number of rotatable bonds is 7. The largest absolute Gasteiger partial charge is 0.393 e. The van der Waals surface area contributed by atoms with Gasteiger partial charge in [0, 0.05) is 10.6 Å². The third kappa shape index (κ3) is 5.44. The number of allylic oxidation sites excluding steroid dienone is 4. The molecule has 3 saturated carbocycles. The molecule has 0 aliphatic heterocycles. The third-order valence-corrected chi connectivity index (χ3v) is 11.0. The minimum atomic E-state index is -2.69. The Hall–Kier alpha value is -1.65. The van der Waals surface area contributed by atoms with Gasteiger partial charge in [0.15, 0.2) is 0 Å². The summed E-state index contributed by atoms with van der Waals surface area (Å²) in [7, 11) is -2.69. The van der Waals surface area contributed by atoms with Gasteiger partial charge in [-0.3, -0.25) is 0 Å². The molecular formula is C30H43NO2S. The van der Waals surface area contributed by atoms with Crippen molar-refractivity contribution in [1.82, 2.24) is 0 Å². The summed E-state index contributed by atoms with van der Waals surface area (Å²) in [4.78, 5) is 0.667. The molecule has 6 unspecified atom stereocenters. The number of hydrogen-bond donors (Lipinski definition) is 2. The smallest absolute Gasteiger partial charge is 0.0726 e. The zero-order valence-electron chi connectivity index (χ0n) is 21.1. The van der Waals surface area contributed by atoms with Crippen LogP contribution in [-0.2, 0) is 9.73 Å². The fraction of sp³-hybridized carbons (Fsp3) is 0.600. The van der Waals surface area contributed by atoms with E-state index in [0.29, 0.717) is 33.8 Å². The van der Waals surface area contributed by atoms with E-state index in [1.165, 1.54) is 43.3 Å². The monoisotopic (exact) mass is 481 g/mol. The van der Waals surface area contributed by atoms with E-state index in [4.69, 9.17) is 4.78 Å². The van der Waals surface area contributed by atoms with Crippen molar-refractivity contribution in [3.05, 3.63) is 65.8 Å². The van der Waals surface area contributed by atoms with Crippen LogP contribution >= 0.6 is 0 Å². The maximum atomic E-state index is 12.9. The Morgan fingerprint density at radius 2 is 1.97 bits per heavy atom.